The topological polar surface area (TPSA) is 78.4 Å². The number of amides is 1. The van der Waals surface area contributed by atoms with Gasteiger partial charge in [0.2, 0.25) is 5.91 Å². The number of carbonyl (C=O) groups excluding carboxylic acids is 1. The number of benzene rings is 1. The SMILES string of the molecule is C=C(CNc1ccc(NC(C)=O)cc1)C(=O)O. The third kappa shape index (κ3) is 4.38. The van der Waals surface area contributed by atoms with Crippen LogP contribution in [0.2, 0.25) is 0 Å². The van der Waals surface area contributed by atoms with Crippen LogP contribution in [-0.2, 0) is 9.59 Å². The Hall–Kier alpha value is -2.30. The van der Waals surface area contributed by atoms with Gasteiger partial charge in [-0.3, -0.25) is 4.79 Å². The van der Waals surface area contributed by atoms with Gasteiger partial charge in [-0.1, -0.05) is 6.58 Å². The summed E-state index contributed by atoms with van der Waals surface area (Å²) in [6.07, 6.45) is 0. The Morgan fingerprint density at radius 3 is 2.24 bits per heavy atom. The van der Waals surface area contributed by atoms with Gasteiger partial charge in [-0.15, -0.1) is 0 Å². The van der Waals surface area contributed by atoms with E-state index in [2.05, 4.69) is 17.2 Å². The van der Waals surface area contributed by atoms with Crippen LogP contribution in [0, 0.1) is 0 Å². The molecular weight excluding hydrogens is 220 g/mol. The average Bonchev–Trinajstić information content (AvgIpc) is 2.26. The highest BCUT2D eigenvalue weighted by Gasteiger charge is 2.03. The smallest absolute Gasteiger partial charge is 0.332 e. The minimum Gasteiger partial charge on any atom is -0.478 e. The van der Waals surface area contributed by atoms with Crippen molar-refractivity contribution in [3.8, 4) is 0 Å². The highest BCUT2D eigenvalue weighted by atomic mass is 16.4. The van der Waals surface area contributed by atoms with E-state index in [1.54, 1.807) is 24.3 Å². The number of nitrogens with one attached hydrogen (secondary N) is 2. The van der Waals surface area contributed by atoms with Gasteiger partial charge < -0.3 is 15.7 Å². The van der Waals surface area contributed by atoms with E-state index in [1.807, 2.05) is 0 Å². The number of carboxylic acids is 1. The summed E-state index contributed by atoms with van der Waals surface area (Å²) in [6.45, 7) is 5.02. The zero-order valence-corrected chi connectivity index (χ0v) is 9.49. The lowest BCUT2D eigenvalue weighted by Crippen LogP contribution is -2.11. The number of rotatable bonds is 5. The lowest BCUT2D eigenvalue weighted by atomic mass is 10.2. The molecule has 0 spiro atoms. The first-order chi connectivity index (χ1) is 7.99. The predicted octanol–water partition coefficient (Wildman–Crippen LogP) is 1.70. The van der Waals surface area contributed by atoms with E-state index >= 15 is 0 Å². The molecule has 1 amide bonds. The molecule has 1 aromatic carbocycles. The van der Waals surface area contributed by atoms with Gasteiger partial charge in [-0.25, -0.2) is 4.79 Å². The molecule has 3 N–H and O–H groups in total. The van der Waals surface area contributed by atoms with Crippen LogP contribution in [-0.4, -0.2) is 23.5 Å². The molecule has 90 valence electrons. The molecule has 1 aromatic rings. The quantitative estimate of drug-likeness (QED) is 0.677. The molecule has 0 heterocycles. The standard InChI is InChI=1S/C12H14N2O3/c1-8(12(16)17)7-13-10-3-5-11(6-4-10)14-9(2)15/h3-6,13H,1,7H2,2H3,(H,14,15)(H,16,17). The van der Waals surface area contributed by atoms with Gasteiger partial charge in [0.1, 0.15) is 0 Å². The van der Waals surface area contributed by atoms with E-state index in [1.165, 1.54) is 6.92 Å². The van der Waals surface area contributed by atoms with E-state index in [4.69, 9.17) is 5.11 Å². The summed E-state index contributed by atoms with van der Waals surface area (Å²) in [5.74, 6) is -1.16. The third-order valence-electron chi connectivity index (χ3n) is 2.01. The first kappa shape index (κ1) is 12.8. The van der Waals surface area contributed by atoms with Crippen LogP contribution in [0.3, 0.4) is 0 Å². The van der Waals surface area contributed by atoms with Gasteiger partial charge in [0.25, 0.3) is 0 Å². The van der Waals surface area contributed by atoms with E-state index in [0.29, 0.717) is 5.69 Å². The summed E-state index contributed by atoms with van der Waals surface area (Å²) in [7, 11) is 0. The summed E-state index contributed by atoms with van der Waals surface area (Å²) in [5.41, 5.74) is 1.55. The Kier molecular flexibility index (Phi) is 4.28. The Balaban J connectivity index is 2.54. The van der Waals surface area contributed by atoms with E-state index < -0.39 is 5.97 Å². The summed E-state index contributed by atoms with van der Waals surface area (Å²) < 4.78 is 0. The Morgan fingerprint density at radius 1 is 1.24 bits per heavy atom. The van der Waals surface area contributed by atoms with Crippen LogP contribution in [0.1, 0.15) is 6.92 Å². The Morgan fingerprint density at radius 2 is 1.76 bits per heavy atom. The third-order valence-corrected chi connectivity index (χ3v) is 2.01. The van der Waals surface area contributed by atoms with Crippen molar-refractivity contribution in [2.45, 2.75) is 6.92 Å². The van der Waals surface area contributed by atoms with Crippen molar-refractivity contribution in [2.24, 2.45) is 0 Å². The lowest BCUT2D eigenvalue weighted by Gasteiger charge is -2.07. The molecule has 5 nitrogen and oxygen atoms in total. The number of hydrogen-bond donors (Lipinski definition) is 3. The fourth-order valence-corrected chi connectivity index (χ4v) is 1.16. The number of carbonyl (C=O) groups is 2. The van der Waals surface area contributed by atoms with Gasteiger partial charge in [0.05, 0.1) is 0 Å². The van der Waals surface area contributed by atoms with Crippen LogP contribution >= 0.6 is 0 Å². The molecule has 0 saturated carbocycles. The fraction of sp³-hybridized carbons (Fsp3) is 0.167. The van der Waals surface area contributed by atoms with Crippen LogP contribution in [0.25, 0.3) is 0 Å². The van der Waals surface area contributed by atoms with Crippen LogP contribution < -0.4 is 10.6 Å². The Labute approximate surface area is 99.1 Å². The van der Waals surface area contributed by atoms with Crippen molar-refractivity contribution in [1.29, 1.82) is 0 Å². The summed E-state index contributed by atoms with van der Waals surface area (Å²) >= 11 is 0. The molecule has 17 heavy (non-hydrogen) atoms. The zero-order chi connectivity index (χ0) is 12.8. The van der Waals surface area contributed by atoms with Gasteiger partial charge in [0.15, 0.2) is 0 Å². The molecule has 5 heteroatoms. The first-order valence-electron chi connectivity index (χ1n) is 5.01. The monoisotopic (exact) mass is 234 g/mol. The number of anilines is 2. The summed E-state index contributed by atoms with van der Waals surface area (Å²) in [5, 5.41) is 14.2. The molecule has 1 rings (SSSR count). The molecule has 0 unspecified atom stereocenters. The molecule has 0 fully saturated rings. The molecule has 0 saturated heterocycles. The van der Waals surface area contributed by atoms with Crippen LogP contribution in [0.4, 0.5) is 11.4 Å². The van der Waals surface area contributed by atoms with Gasteiger partial charge in [-0.2, -0.15) is 0 Å². The zero-order valence-electron chi connectivity index (χ0n) is 9.49. The van der Waals surface area contributed by atoms with Crippen molar-refractivity contribution in [3.05, 3.63) is 36.4 Å². The van der Waals surface area contributed by atoms with Crippen molar-refractivity contribution in [3.63, 3.8) is 0 Å². The van der Waals surface area contributed by atoms with Crippen molar-refractivity contribution in [1.82, 2.24) is 0 Å². The van der Waals surface area contributed by atoms with Crippen molar-refractivity contribution in [2.75, 3.05) is 17.2 Å². The van der Waals surface area contributed by atoms with Gasteiger partial charge >= 0.3 is 5.97 Å². The fourth-order valence-electron chi connectivity index (χ4n) is 1.16. The van der Waals surface area contributed by atoms with Crippen molar-refractivity contribution >= 4 is 23.3 Å². The van der Waals surface area contributed by atoms with Crippen LogP contribution in [0.15, 0.2) is 36.4 Å². The minimum atomic E-state index is -1.02. The second kappa shape index (κ2) is 5.69. The maximum atomic E-state index is 10.8. The molecule has 0 atom stereocenters. The molecular formula is C12H14N2O3. The summed E-state index contributed by atoms with van der Waals surface area (Å²) in [4.78, 5) is 21.3. The molecule has 0 aliphatic carbocycles. The highest BCUT2D eigenvalue weighted by molar-refractivity contribution is 5.89. The lowest BCUT2D eigenvalue weighted by molar-refractivity contribution is -0.132. The second-order valence-corrected chi connectivity index (χ2v) is 3.52. The van der Waals surface area contributed by atoms with E-state index in [0.717, 1.165) is 5.69 Å². The van der Waals surface area contributed by atoms with Crippen molar-refractivity contribution < 1.29 is 14.7 Å². The molecule has 0 aliphatic heterocycles. The normalized spacial score (nSPS) is 9.47. The molecule has 0 bridgehead atoms. The minimum absolute atomic E-state index is 0.0935. The highest BCUT2D eigenvalue weighted by Crippen LogP contribution is 2.13. The molecule has 0 aliphatic rings. The number of aliphatic carboxylic acids is 1. The second-order valence-electron chi connectivity index (χ2n) is 3.52. The maximum absolute atomic E-state index is 10.8. The molecule has 0 aromatic heterocycles. The van der Waals surface area contributed by atoms with E-state index in [9.17, 15) is 9.59 Å². The predicted molar refractivity (Wildman–Crippen MR) is 66.0 cm³/mol. The number of hydrogen-bond acceptors (Lipinski definition) is 3. The first-order valence-corrected chi connectivity index (χ1v) is 5.01. The largest absolute Gasteiger partial charge is 0.478 e. The van der Waals surface area contributed by atoms with Gasteiger partial charge in [-0.05, 0) is 24.3 Å². The maximum Gasteiger partial charge on any atom is 0.332 e. The van der Waals surface area contributed by atoms with Gasteiger partial charge in [0, 0.05) is 30.4 Å². The summed E-state index contributed by atoms with van der Waals surface area (Å²) in [6, 6.07) is 6.96. The molecule has 0 radical (unpaired) electrons. The van der Waals surface area contributed by atoms with Crippen LogP contribution in [0.5, 0.6) is 0 Å². The number of carboxylic acid groups (broad SMARTS) is 1. The average molecular weight is 234 g/mol. The van der Waals surface area contributed by atoms with E-state index in [-0.39, 0.29) is 18.0 Å². The Bertz CT molecular complexity index is 438.